The summed E-state index contributed by atoms with van der Waals surface area (Å²) >= 11 is 1.24. The molecule has 4 rings (SSSR count). The molecule has 1 saturated heterocycles. The van der Waals surface area contributed by atoms with Crippen LogP contribution in [0.5, 0.6) is 0 Å². The summed E-state index contributed by atoms with van der Waals surface area (Å²) in [7, 11) is -1.62. The molecule has 1 aliphatic heterocycles. The van der Waals surface area contributed by atoms with E-state index in [9.17, 15) is 12.8 Å². The van der Waals surface area contributed by atoms with Crippen molar-refractivity contribution in [2.75, 3.05) is 38.1 Å². The zero-order valence-electron chi connectivity index (χ0n) is 16.3. The number of anilines is 1. The number of benzene rings is 1. The Morgan fingerprint density at radius 1 is 1.14 bits per heavy atom. The Bertz CT molecular complexity index is 1110. The molecule has 0 saturated carbocycles. The van der Waals surface area contributed by atoms with Gasteiger partial charge in [-0.05, 0) is 43.8 Å². The maximum absolute atomic E-state index is 13.1. The molecule has 1 aliphatic rings. The third-order valence-electron chi connectivity index (χ3n) is 5.17. The highest BCUT2D eigenvalue weighted by molar-refractivity contribution is 7.91. The zero-order valence-corrected chi connectivity index (χ0v) is 17.9. The number of aromatic nitrogens is 1. The van der Waals surface area contributed by atoms with E-state index in [4.69, 9.17) is 0 Å². The standard InChI is InChI=1S/C20H23FN4O2S2/c1-14(15-3-5-16(21)6-4-15)23-29(26,27)19-13-17-18(28-19)7-8-22-20(17)25-11-9-24(2)10-12-25/h3-8,13-14,23H,9-12H2,1-2H3. The van der Waals surface area contributed by atoms with Gasteiger partial charge in [-0.3, -0.25) is 0 Å². The van der Waals surface area contributed by atoms with Crippen molar-refractivity contribution in [1.29, 1.82) is 0 Å². The van der Waals surface area contributed by atoms with Crippen LogP contribution in [0.1, 0.15) is 18.5 Å². The van der Waals surface area contributed by atoms with Gasteiger partial charge in [-0.2, -0.15) is 0 Å². The number of thiophene rings is 1. The van der Waals surface area contributed by atoms with Gasteiger partial charge < -0.3 is 9.80 Å². The number of sulfonamides is 1. The molecular weight excluding hydrogens is 411 g/mol. The average molecular weight is 435 g/mol. The maximum Gasteiger partial charge on any atom is 0.250 e. The number of piperazine rings is 1. The highest BCUT2D eigenvalue weighted by Gasteiger charge is 2.24. The van der Waals surface area contributed by atoms with Gasteiger partial charge in [0.05, 0.1) is 0 Å². The summed E-state index contributed by atoms with van der Waals surface area (Å²) in [5.74, 6) is 0.483. The minimum atomic E-state index is -3.72. The fourth-order valence-electron chi connectivity index (χ4n) is 3.44. The van der Waals surface area contributed by atoms with Crippen LogP contribution in [-0.4, -0.2) is 51.5 Å². The Morgan fingerprint density at radius 2 is 1.83 bits per heavy atom. The lowest BCUT2D eigenvalue weighted by Crippen LogP contribution is -2.44. The first-order valence-electron chi connectivity index (χ1n) is 9.43. The number of rotatable bonds is 5. The SMILES string of the molecule is CC(NS(=O)(=O)c1cc2c(N3CCN(C)CC3)nccc2s1)c1ccc(F)cc1. The minimum Gasteiger partial charge on any atom is -0.354 e. The van der Waals surface area contributed by atoms with Gasteiger partial charge in [0.25, 0.3) is 10.0 Å². The molecule has 1 unspecified atom stereocenters. The molecule has 1 N–H and O–H groups in total. The quantitative estimate of drug-likeness (QED) is 0.668. The highest BCUT2D eigenvalue weighted by atomic mass is 32.2. The summed E-state index contributed by atoms with van der Waals surface area (Å²) in [6.07, 6.45) is 1.73. The molecule has 9 heteroatoms. The molecule has 0 bridgehead atoms. The van der Waals surface area contributed by atoms with E-state index in [1.165, 1.54) is 23.5 Å². The average Bonchev–Trinajstić information content (AvgIpc) is 3.14. The van der Waals surface area contributed by atoms with Crippen molar-refractivity contribution in [3.63, 3.8) is 0 Å². The van der Waals surface area contributed by atoms with E-state index in [0.29, 0.717) is 5.56 Å². The molecule has 1 fully saturated rings. The smallest absolute Gasteiger partial charge is 0.250 e. The molecule has 0 radical (unpaired) electrons. The molecule has 0 spiro atoms. The van der Waals surface area contributed by atoms with E-state index in [0.717, 1.165) is 42.1 Å². The van der Waals surface area contributed by atoms with Crippen molar-refractivity contribution >= 4 is 37.3 Å². The molecule has 6 nitrogen and oxygen atoms in total. The van der Waals surface area contributed by atoms with Crippen LogP contribution >= 0.6 is 11.3 Å². The van der Waals surface area contributed by atoms with E-state index in [-0.39, 0.29) is 10.0 Å². The van der Waals surface area contributed by atoms with Crippen molar-refractivity contribution in [3.8, 4) is 0 Å². The maximum atomic E-state index is 13.1. The van der Waals surface area contributed by atoms with Gasteiger partial charge in [-0.25, -0.2) is 22.5 Å². The Labute approximate surface area is 174 Å². The van der Waals surface area contributed by atoms with Crippen molar-refractivity contribution in [1.82, 2.24) is 14.6 Å². The third kappa shape index (κ3) is 4.28. The number of nitrogens with zero attached hydrogens (tertiary/aromatic N) is 3. The Hall–Kier alpha value is -2.07. The second-order valence-electron chi connectivity index (χ2n) is 7.30. The van der Waals surface area contributed by atoms with Crippen LogP contribution in [0, 0.1) is 5.82 Å². The summed E-state index contributed by atoms with van der Waals surface area (Å²) < 4.78 is 42.9. The first kappa shape index (κ1) is 20.2. The normalized spacial score (nSPS) is 17.0. The molecule has 0 aliphatic carbocycles. The van der Waals surface area contributed by atoms with E-state index >= 15 is 0 Å². The largest absolute Gasteiger partial charge is 0.354 e. The lowest BCUT2D eigenvalue weighted by atomic mass is 10.1. The van der Waals surface area contributed by atoms with Gasteiger partial charge in [-0.1, -0.05) is 12.1 Å². The molecule has 2 aromatic heterocycles. The van der Waals surface area contributed by atoms with Crippen LogP contribution in [0.3, 0.4) is 0 Å². The number of nitrogens with one attached hydrogen (secondary N) is 1. The third-order valence-corrected chi connectivity index (χ3v) is 8.29. The summed E-state index contributed by atoms with van der Waals surface area (Å²) in [6.45, 7) is 5.37. The summed E-state index contributed by atoms with van der Waals surface area (Å²) in [6, 6.07) is 8.91. The van der Waals surface area contributed by atoms with Gasteiger partial charge in [0.2, 0.25) is 0 Å². The summed E-state index contributed by atoms with van der Waals surface area (Å²) in [4.78, 5) is 9.00. The van der Waals surface area contributed by atoms with Gasteiger partial charge in [-0.15, -0.1) is 11.3 Å². The van der Waals surface area contributed by atoms with Crippen LogP contribution in [-0.2, 0) is 10.0 Å². The Balaban J connectivity index is 1.61. The predicted octanol–water partition coefficient (Wildman–Crippen LogP) is 3.23. The number of likely N-dealkylation sites (N-methyl/N-ethyl adjacent to an activating group) is 1. The van der Waals surface area contributed by atoms with Crippen molar-refractivity contribution in [2.45, 2.75) is 17.2 Å². The monoisotopic (exact) mass is 434 g/mol. The Kier molecular flexibility index (Phi) is 5.56. The van der Waals surface area contributed by atoms with Gasteiger partial charge >= 0.3 is 0 Å². The molecule has 154 valence electrons. The number of pyridine rings is 1. The van der Waals surface area contributed by atoms with Crippen molar-refractivity contribution in [3.05, 3.63) is 54.0 Å². The van der Waals surface area contributed by atoms with E-state index in [1.807, 2.05) is 6.07 Å². The second kappa shape index (κ2) is 7.98. The van der Waals surface area contributed by atoms with Crippen LogP contribution < -0.4 is 9.62 Å². The molecular formula is C20H23FN4O2S2. The van der Waals surface area contributed by atoms with Gasteiger partial charge in [0.1, 0.15) is 15.8 Å². The molecule has 29 heavy (non-hydrogen) atoms. The molecule has 3 aromatic rings. The van der Waals surface area contributed by atoms with E-state index in [2.05, 4.69) is 26.6 Å². The predicted molar refractivity (Wildman–Crippen MR) is 114 cm³/mol. The fourth-order valence-corrected chi connectivity index (χ4v) is 6.06. The van der Waals surface area contributed by atoms with Gasteiger partial charge in [0.15, 0.2) is 0 Å². The number of halogens is 1. The highest BCUT2D eigenvalue weighted by Crippen LogP contribution is 2.35. The van der Waals surface area contributed by atoms with Crippen molar-refractivity contribution in [2.24, 2.45) is 0 Å². The topological polar surface area (TPSA) is 65.5 Å². The lowest BCUT2D eigenvalue weighted by molar-refractivity contribution is 0.312. The minimum absolute atomic E-state index is 0.254. The molecule has 1 aromatic carbocycles. The lowest BCUT2D eigenvalue weighted by Gasteiger charge is -2.33. The number of hydrogen-bond donors (Lipinski definition) is 1. The Morgan fingerprint density at radius 3 is 2.52 bits per heavy atom. The number of hydrogen-bond acceptors (Lipinski definition) is 6. The van der Waals surface area contributed by atoms with E-state index < -0.39 is 16.1 Å². The molecule has 3 heterocycles. The van der Waals surface area contributed by atoms with Crippen LogP contribution in [0.25, 0.3) is 10.1 Å². The van der Waals surface area contributed by atoms with E-state index in [1.54, 1.807) is 31.3 Å². The summed E-state index contributed by atoms with van der Waals surface area (Å²) in [5, 5.41) is 0.858. The molecule has 1 atom stereocenters. The first-order chi connectivity index (χ1) is 13.8. The fraction of sp³-hybridized carbons (Fsp3) is 0.350. The van der Waals surface area contributed by atoms with Crippen LogP contribution in [0.2, 0.25) is 0 Å². The van der Waals surface area contributed by atoms with Crippen LogP contribution in [0.4, 0.5) is 10.2 Å². The van der Waals surface area contributed by atoms with Crippen LogP contribution in [0.15, 0.2) is 46.8 Å². The number of fused-ring (bicyclic) bond motifs is 1. The van der Waals surface area contributed by atoms with Crippen molar-refractivity contribution < 1.29 is 12.8 Å². The zero-order chi connectivity index (χ0) is 20.6. The first-order valence-corrected chi connectivity index (χ1v) is 11.7. The summed E-state index contributed by atoms with van der Waals surface area (Å²) in [5.41, 5.74) is 0.705. The second-order valence-corrected chi connectivity index (χ2v) is 10.3. The van der Waals surface area contributed by atoms with Gasteiger partial charge in [0, 0.05) is 48.5 Å². The molecule has 0 amide bonds.